The van der Waals surface area contributed by atoms with Crippen molar-refractivity contribution in [2.75, 3.05) is 19.7 Å². The van der Waals surface area contributed by atoms with Crippen LogP contribution in [0.5, 0.6) is 0 Å². The minimum absolute atomic E-state index is 0.0996. The molecule has 1 amide bonds. The number of carbonyl (C=O) groups excluding carboxylic acids is 1. The molecule has 0 radical (unpaired) electrons. The molecule has 3 rings (SSSR count). The number of alkyl halides is 3. The Morgan fingerprint density at radius 1 is 1.28 bits per heavy atom. The van der Waals surface area contributed by atoms with Crippen LogP contribution in [0.3, 0.4) is 0 Å². The molecule has 10 heteroatoms. The van der Waals surface area contributed by atoms with Crippen molar-refractivity contribution in [3.05, 3.63) is 39.9 Å². The van der Waals surface area contributed by atoms with Gasteiger partial charge in [0.15, 0.2) is 6.23 Å². The van der Waals surface area contributed by atoms with Crippen LogP contribution < -0.4 is 10.2 Å². The summed E-state index contributed by atoms with van der Waals surface area (Å²) < 4.78 is 4.02. The Morgan fingerprint density at radius 3 is 2.76 bits per heavy atom. The Kier molecular flexibility index (Phi) is 7.62. The topological polar surface area (TPSA) is 85.9 Å². The van der Waals surface area contributed by atoms with Crippen LogP contribution in [0, 0.1) is 16.0 Å². The second-order valence-electron chi connectivity index (χ2n) is 7.70. The molecule has 2 aliphatic heterocycles. The summed E-state index contributed by atoms with van der Waals surface area (Å²) in [6.07, 6.45) is 4.69. The molecule has 1 aromatic rings. The predicted octanol–water partition coefficient (Wildman–Crippen LogP) is 2.88. The van der Waals surface area contributed by atoms with Crippen molar-refractivity contribution < 1.29 is 19.4 Å². The lowest BCUT2D eigenvalue weighted by molar-refractivity contribution is -0.940. The van der Waals surface area contributed by atoms with Gasteiger partial charge in [-0.1, -0.05) is 40.9 Å². The Hall–Kier alpha value is -1.12. The molecule has 29 heavy (non-hydrogen) atoms. The van der Waals surface area contributed by atoms with E-state index in [2.05, 4.69) is 5.32 Å². The van der Waals surface area contributed by atoms with Crippen molar-refractivity contribution in [3.63, 3.8) is 0 Å². The zero-order valence-corrected chi connectivity index (χ0v) is 18.2. The molecule has 1 unspecified atom stereocenters. The number of piperidine rings is 2. The van der Waals surface area contributed by atoms with Gasteiger partial charge in [0.05, 0.1) is 30.7 Å². The second kappa shape index (κ2) is 9.79. The average molecular weight is 466 g/mol. The number of hydrogen-bond acceptors (Lipinski definition) is 4. The van der Waals surface area contributed by atoms with Gasteiger partial charge in [-0.2, -0.15) is 0 Å². The minimum atomic E-state index is -1.87. The number of halogens is 3. The Labute approximate surface area is 184 Å². The summed E-state index contributed by atoms with van der Waals surface area (Å²) in [6, 6.07) is 5.92. The van der Waals surface area contributed by atoms with E-state index in [1.54, 1.807) is 4.90 Å². The standard InChI is InChI=1S/C19H24Cl3N3O4/c20-19(21,22)18(23-17(26)13-5-3-7-15(11-13)25(27)28)29-12-14-6-4-10-24-9-2-1-8-16(14)24/h3,5,7,11,14,16,18H,1-2,4,6,8-10,12H2,(H,23,26)/p+1/t14-,16-,18-/m1/s1. The van der Waals surface area contributed by atoms with Gasteiger partial charge >= 0.3 is 0 Å². The lowest BCUT2D eigenvalue weighted by Crippen LogP contribution is -3.18. The smallest absolute Gasteiger partial charge is 0.270 e. The van der Waals surface area contributed by atoms with Gasteiger partial charge in [0.2, 0.25) is 3.79 Å². The highest BCUT2D eigenvalue weighted by Crippen LogP contribution is 2.32. The number of nitrogens with zero attached hydrogens (tertiary/aromatic N) is 1. The van der Waals surface area contributed by atoms with Crippen LogP contribution >= 0.6 is 34.8 Å². The van der Waals surface area contributed by atoms with Crippen LogP contribution in [0.25, 0.3) is 0 Å². The molecule has 2 saturated heterocycles. The highest BCUT2D eigenvalue weighted by molar-refractivity contribution is 6.68. The quantitative estimate of drug-likeness (QED) is 0.293. The largest absolute Gasteiger partial charge is 0.353 e. The first kappa shape index (κ1) is 22.6. The molecule has 0 saturated carbocycles. The van der Waals surface area contributed by atoms with Gasteiger partial charge in [-0.25, -0.2) is 0 Å². The lowest BCUT2D eigenvalue weighted by atomic mass is 9.84. The van der Waals surface area contributed by atoms with Gasteiger partial charge in [-0.05, 0) is 38.2 Å². The zero-order valence-electron chi connectivity index (χ0n) is 15.9. The van der Waals surface area contributed by atoms with E-state index in [1.165, 1.54) is 56.6 Å². The normalized spacial score (nSPS) is 25.7. The predicted molar refractivity (Wildman–Crippen MR) is 112 cm³/mol. The highest BCUT2D eigenvalue weighted by atomic mass is 35.6. The van der Waals surface area contributed by atoms with Crippen molar-refractivity contribution >= 4 is 46.4 Å². The van der Waals surface area contributed by atoms with Gasteiger partial charge in [0.1, 0.15) is 0 Å². The van der Waals surface area contributed by atoms with E-state index in [0.29, 0.717) is 18.6 Å². The van der Waals surface area contributed by atoms with Crippen molar-refractivity contribution in [3.8, 4) is 0 Å². The second-order valence-corrected chi connectivity index (χ2v) is 10.1. The number of non-ortho nitro benzene ring substituents is 1. The summed E-state index contributed by atoms with van der Waals surface area (Å²) >= 11 is 18.1. The molecule has 2 fully saturated rings. The number of ether oxygens (including phenoxy) is 1. The molecule has 2 N–H and O–H groups in total. The Bertz CT molecular complexity index is 742. The van der Waals surface area contributed by atoms with Crippen LogP contribution in [-0.4, -0.2) is 46.6 Å². The van der Waals surface area contributed by atoms with Gasteiger partial charge in [0, 0.05) is 23.6 Å². The SMILES string of the molecule is O=C(N[C@H](OC[C@H]1CCC[NH+]2CCCC[C@H]12)C(Cl)(Cl)Cl)c1cccc([N+](=O)[O-])c1. The maximum atomic E-state index is 12.6. The van der Waals surface area contributed by atoms with E-state index >= 15 is 0 Å². The third-order valence-electron chi connectivity index (χ3n) is 5.78. The molecule has 0 aliphatic carbocycles. The molecule has 2 heterocycles. The molecule has 0 bridgehead atoms. The molecule has 2 aliphatic rings. The van der Waals surface area contributed by atoms with Crippen LogP contribution in [0.1, 0.15) is 42.5 Å². The zero-order chi connectivity index (χ0) is 21.0. The summed E-state index contributed by atoms with van der Waals surface area (Å²) in [5.41, 5.74) is -0.0887. The van der Waals surface area contributed by atoms with Crippen LogP contribution in [0.4, 0.5) is 5.69 Å². The summed E-state index contributed by atoms with van der Waals surface area (Å²) in [4.78, 5) is 24.6. The van der Waals surface area contributed by atoms with Crippen molar-refractivity contribution in [1.29, 1.82) is 0 Å². The first-order valence-electron chi connectivity index (χ1n) is 9.84. The number of nitro benzene ring substituents is 1. The Balaban J connectivity index is 1.65. The monoisotopic (exact) mass is 464 g/mol. The van der Waals surface area contributed by atoms with Gasteiger partial charge < -0.3 is 15.0 Å². The van der Waals surface area contributed by atoms with Gasteiger partial charge in [0.25, 0.3) is 11.6 Å². The molecule has 0 spiro atoms. The first-order valence-corrected chi connectivity index (χ1v) is 11.0. The third kappa shape index (κ3) is 5.95. The lowest BCUT2D eigenvalue weighted by Gasteiger charge is -2.41. The van der Waals surface area contributed by atoms with E-state index in [1.807, 2.05) is 0 Å². The fourth-order valence-electron chi connectivity index (χ4n) is 4.38. The molecule has 7 nitrogen and oxygen atoms in total. The van der Waals surface area contributed by atoms with Crippen molar-refractivity contribution in [2.24, 2.45) is 5.92 Å². The average Bonchev–Trinajstić information content (AvgIpc) is 2.70. The van der Waals surface area contributed by atoms with Crippen molar-refractivity contribution in [1.82, 2.24) is 5.32 Å². The van der Waals surface area contributed by atoms with Gasteiger partial charge in [-0.3, -0.25) is 14.9 Å². The fourth-order valence-corrected chi connectivity index (χ4v) is 4.73. The minimum Gasteiger partial charge on any atom is -0.353 e. The van der Waals surface area contributed by atoms with E-state index in [4.69, 9.17) is 39.5 Å². The number of rotatable bonds is 6. The maximum Gasteiger partial charge on any atom is 0.270 e. The number of benzene rings is 1. The maximum absolute atomic E-state index is 12.6. The number of nitrogens with one attached hydrogen (secondary N) is 2. The Morgan fingerprint density at radius 2 is 2.03 bits per heavy atom. The number of quaternary nitrogens is 1. The highest BCUT2D eigenvalue weighted by Gasteiger charge is 2.40. The number of hydrogen-bond donors (Lipinski definition) is 2. The number of amides is 1. The molecule has 4 atom stereocenters. The number of carbonyl (C=O) groups is 1. The molecular formula is C19H25Cl3N3O4+. The summed E-state index contributed by atoms with van der Waals surface area (Å²) in [5, 5.41) is 13.5. The van der Waals surface area contributed by atoms with Gasteiger partial charge in [-0.15, -0.1) is 0 Å². The molecule has 160 valence electrons. The fraction of sp³-hybridized carbons (Fsp3) is 0.632. The van der Waals surface area contributed by atoms with E-state index in [9.17, 15) is 14.9 Å². The van der Waals surface area contributed by atoms with E-state index in [-0.39, 0.29) is 11.3 Å². The first-order chi connectivity index (χ1) is 13.8. The van der Waals surface area contributed by atoms with Crippen LogP contribution in [0.15, 0.2) is 24.3 Å². The van der Waals surface area contributed by atoms with E-state index in [0.717, 1.165) is 12.8 Å². The van der Waals surface area contributed by atoms with Crippen LogP contribution in [-0.2, 0) is 4.74 Å². The summed E-state index contributed by atoms with van der Waals surface area (Å²) in [7, 11) is 0. The third-order valence-corrected chi connectivity index (χ3v) is 6.38. The van der Waals surface area contributed by atoms with E-state index < -0.39 is 20.9 Å². The molecule has 1 aromatic carbocycles. The summed E-state index contributed by atoms with van der Waals surface area (Å²) in [6.45, 7) is 2.78. The molecular weight excluding hydrogens is 441 g/mol. The summed E-state index contributed by atoms with van der Waals surface area (Å²) in [5.74, 6) is -0.248. The van der Waals surface area contributed by atoms with Crippen LogP contribution in [0.2, 0.25) is 0 Å². The van der Waals surface area contributed by atoms with Crippen molar-refractivity contribution in [2.45, 2.75) is 48.2 Å². The number of fused-ring (bicyclic) bond motifs is 1. The number of nitro groups is 1. The molecule has 0 aromatic heterocycles.